The van der Waals surface area contributed by atoms with Crippen LogP contribution < -0.4 is 4.74 Å². The number of carbonyl (C=O) groups is 1. The Morgan fingerprint density at radius 1 is 1.16 bits per heavy atom. The van der Waals surface area contributed by atoms with Gasteiger partial charge in [0.05, 0.1) is 4.47 Å². The zero-order chi connectivity index (χ0) is 13.8. The van der Waals surface area contributed by atoms with Crippen molar-refractivity contribution >= 4 is 21.7 Å². The molecule has 0 bridgehead atoms. The van der Waals surface area contributed by atoms with Crippen molar-refractivity contribution in [2.24, 2.45) is 0 Å². The third kappa shape index (κ3) is 3.61. The number of halogens is 3. The van der Waals surface area contributed by atoms with Crippen LogP contribution in [0.15, 0.2) is 46.9 Å². The van der Waals surface area contributed by atoms with E-state index >= 15 is 0 Å². The molecule has 5 heteroatoms. The lowest BCUT2D eigenvalue weighted by molar-refractivity contribution is 0.0920. The number of ketones is 1. The highest BCUT2D eigenvalue weighted by atomic mass is 79.9. The number of hydrogen-bond donors (Lipinski definition) is 0. The summed E-state index contributed by atoms with van der Waals surface area (Å²) in [5, 5.41) is 0. The largest absolute Gasteiger partial charge is 0.485 e. The Hall–Kier alpha value is -1.75. The van der Waals surface area contributed by atoms with Crippen molar-refractivity contribution in [2.45, 2.75) is 0 Å². The normalized spacial score (nSPS) is 10.3. The molecular formula is C14H9BrF2O2. The third-order valence-corrected chi connectivity index (χ3v) is 3.05. The van der Waals surface area contributed by atoms with Gasteiger partial charge in [-0.25, -0.2) is 8.78 Å². The van der Waals surface area contributed by atoms with Crippen LogP contribution in [-0.2, 0) is 0 Å². The summed E-state index contributed by atoms with van der Waals surface area (Å²) in [7, 11) is 0. The fourth-order valence-electron chi connectivity index (χ4n) is 1.46. The van der Waals surface area contributed by atoms with Crippen molar-refractivity contribution < 1.29 is 18.3 Å². The third-order valence-electron chi connectivity index (χ3n) is 2.41. The van der Waals surface area contributed by atoms with Gasteiger partial charge in [0.15, 0.2) is 12.4 Å². The van der Waals surface area contributed by atoms with E-state index in [1.165, 1.54) is 36.4 Å². The van der Waals surface area contributed by atoms with Crippen LogP contribution in [0.5, 0.6) is 5.75 Å². The summed E-state index contributed by atoms with van der Waals surface area (Å²) < 4.78 is 31.6. The van der Waals surface area contributed by atoms with Gasteiger partial charge in [-0.05, 0) is 40.2 Å². The highest BCUT2D eigenvalue weighted by Crippen LogP contribution is 2.21. The molecule has 19 heavy (non-hydrogen) atoms. The molecule has 0 radical (unpaired) electrons. The predicted octanol–water partition coefficient (Wildman–Crippen LogP) is 3.99. The first kappa shape index (κ1) is 13.7. The van der Waals surface area contributed by atoms with Gasteiger partial charge in [-0.3, -0.25) is 4.79 Å². The number of rotatable bonds is 4. The molecule has 0 aromatic heterocycles. The smallest absolute Gasteiger partial charge is 0.200 e. The molecule has 0 aliphatic carbocycles. The maximum Gasteiger partial charge on any atom is 0.200 e. The van der Waals surface area contributed by atoms with E-state index in [1.54, 1.807) is 0 Å². The minimum Gasteiger partial charge on any atom is -0.485 e. The quantitative estimate of drug-likeness (QED) is 0.794. The minimum absolute atomic E-state index is 0.220. The van der Waals surface area contributed by atoms with Gasteiger partial charge in [0.25, 0.3) is 0 Å². The average molecular weight is 327 g/mol. The van der Waals surface area contributed by atoms with Crippen LogP contribution in [-0.4, -0.2) is 12.4 Å². The van der Waals surface area contributed by atoms with Crippen molar-refractivity contribution in [1.29, 1.82) is 0 Å². The van der Waals surface area contributed by atoms with Crippen LogP contribution in [0.3, 0.4) is 0 Å². The van der Waals surface area contributed by atoms with Crippen molar-refractivity contribution in [3.05, 3.63) is 64.1 Å². The number of hydrogen-bond acceptors (Lipinski definition) is 2. The van der Waals surface area contributed by atoms with E-state index in [-0.39, 0.29) is 23.7 Å². The van der Waals surface area contributed by atoms with Gasteiger partial charge < -0.3 is 4.74 Å². The molecule has 0 amide bonds. The van der Waals surface area contributed by atoms with E-state index in [1.807, 2.05) is 0 Å². The second kappa shape index (κ2) is 5.93. The molecule has 0 unspecified atom stereocenters. The maximum absolute atomic E-state index is 13.2. The lowest BCUT2D eigenvalue weighted by Gasteiger charge is -2.06. The van der Waals surface area contributed by atoms with Crippen LogP contribution in [0.2, 0.25) is 0 Å². The fraction of sp³-hybridized carbons (Fsp3) is 0.0714. The van der Waals surface area contributed by atoms with Crippen LogP contribution in [0.25, 0.3) is 0 Å². The van der Waals surface area contributed by atoms with Gasteiger partial charge in [-0.1, -0.05) is 12.1 Å². The number of benzene rings is 2. The highest BCUT2D eigenvalue weighted by Gasteiger charge is 2.08. The molecule has 0 aliphatic heterocycles. The molecule has 0 fully saturated rings. The van der Waals surface area contributed by atoms with E-state index in [0.29, 0.717) is 4.47 Å². The van der Waals surface area contributed by atoms with Crippen LogP contribution in [0.1, 0.15) is 10.4 Å². The molecule has 0 heterocycles. The molecule has 0 aliphatic rings. The molecular weight excluding hydrogens is 318 g/mol. The standard InChI is InChI=1S/C14H9BrF2O2/c15-12-5-4-11(7-13(12)17)19-8-14(18)9-2-1-3-10(16)6-9/h1-7H,8H2. The van der Waals surface area contributed by atoms with E-state index in [0.717, 1.165) is 6.07 Å². The van der Waals surface area contributed by atoms with E-state index in [9.17, 15) is 13.6 Å². The summed E-state index contributed by atoms with van der Waals surface area (Å²) in [5.74, 6) is -1.09. The second-order valence-corrected chi connectivity index (χ2v) is 4.65. The Morgan fingerprint density at radius 2 is 1.95 bits per heavy atom. The topological polar surface area (TPSA) is 26.3 Å². The molecule has 2 aromatic carbocycles. The van der Waals surface area contributed by atoms with Crippen LogP contribution >= 0.6 is 15.9 Å². The summed E-state index contributed by atoms with van der Waals surface area (Å²) >= 11 is 3.01. The molecule has 0 saturated heterocycles. The average Bonchev–Trinajstić information content (AvgIpc) is 2.40. The van der Waals surface area contributed by atoms with E-state index in [2.05, 4.69) is 15.9 Å². The molecule has 0 atom stereocenters. The Bertz CT molecular complexity index is 614. The summed E-state index contributed by atoms with van der Waals surface area (Å²) in [6, 6.07) is 9.51. The number of Topliss-reactive ketones (excluding diaryl/α,β-unsaturated/α-hetero) is 1. The summed E-state index contributed by atoms with van der Waals surface area (Å²) in [6.07, 6.45) is 0. The molecule has 2 rings (SSSR count). The Morgan fingerprint density at radius 3 is 2.63 bits per heavy atom. The number of carbonyl (C=O) groups excluding carboxylic acids is 1. The Kier molecular flexibility index (Phi) is 4.27. The zero-order valence-electron chi connectivity index (χ0n) is 9.70. The summed E-state index contributed by atoms with van der Waals surface area (Å²) in [5.41, 5.74) is 0.220. The zero-order valence-corrected chi connectivity index (χ0v) is 11.3. The fourth-order valence-corrected chi connectivity index (χ4v) is 1.71. The molecule has 98 valence electrons. The van der Waals surface area contributed by atoms with Crippen molar-refractivity contribution in [3.8, 4) is 5.75 Å². The molecule has 0 spiro atoms. The van der Waals surface area contributed by atoms with E-state index < -0.39 is 11.6 Å². The maximum atomic E-state index is 13.2. The van der Waals surface area contributed by atoms with Gasteiger partial charge in [-0.2, -0.15) is 0 Å². The van der Waals surface area contributed by atoms with Crippen molar-refractivity contribution in [1.82, 2.24) is 0 Å². The van der Waals surface area contributed by atoms with E-state index in [4.69, 9.17) is 4.74 Å². The van der Waals surface area contributed by atoms with Gasteiger partial charge in [0, 0.05) is 11.6 Å². The van der Waals surface area contributed by atoms with Gasteiger partial charge in [0.1, 0.15) is 17.4 Å². The monoisotopic (exact) mass is 326 g/mol. The number of ether oxygens (including phenoxy) is 1. The summed E-state index contributed by atoms with van der Waals surface area (Å²) in [6.45, 7) is -0.273. The van der Waals surface area contributed by atoms with Crippen molar-refractivity contribution in [3.63, 3.8) is 0 Å². The molecule has 0 saturated carbocycles. The van der Waals surface area contributed by atoms with Crippen LogP contribution in [0, 0.1) is 11.6 Å². The Labute approximate surface area is 117 Å². The lowest BCUT2D eigenvalue weighted by Crippen LogP contribution is -2.11. The van der Waals surface area contributed by atoms with Gasteiger partial charge in [0.2, 0.25) is 0 Å². The molecule has 2 nitrogen and oxygen atoms in total. The Balaban J connectivity index is 2.02. The van der Waals surface area contributed by atoms with Crippen molar-refractivity contribution in [2.75, 3.05) is 6.61 Å². The summed E-state index contributed by atoms with van der Waals surface area (Å²) in [4.78, 5) is 11.7. The molecule has 2 aromatic rings. The first-order valence-electron chi connectivity index (χ1n) is 5.43. The first-order valence-corrected chi connectivity index (χ1v) is 6.22. The lowest BCUT2D eigenvalue weighted by atomic mass is 10.1. The highest BCUT2D eigenvalue weighted by molar-refractivity contribution is 9.10. The van der Waals surface area contributed by atoms with Crippen LogP contribution in [0.4, 0.5) is 8.78 Å². The van der Waals surface area contributed by atoms with Gasteiger partial charge in [-0.15, -0.1) is 0 Å². The first-order chi connectivity index (χ1) is 9.06. The SMILES string of the molecule is O=C(COc1ccc(Br)c(F)c1)c1cccc(F)c1. The van der Waals surface area contributed by atoms with Gasteiger partial charge >= 0.3 is 0 Å². The second-order valence-electron chi connectivity index (χ2n) is 3.80. The minimum atomic E-state index is -0.486. The predicted molar refractivity (Wildman–Crippen MR) is 70.3 cm³/mol. The molecule has 0 N–H and O–H groups in total.